The maximum Gasteiger partial charge on any atom is 0.0937 e. The van der Waals surface area contributed by atoms with E-state index in [1.807, 2.05) is 31.2 Å². The lowest BCUT2D eigenvalue weighted by molar-refractivity contribution is 0.264. The summed E-state index contributed by atoms with van der Waals surface area (Å²) in [5, 5.41) is 11.3. The molecule has 18 heavy (non-hydrogen) atoms. The minimum atomic E-state index is 0.0636. The molecule has 2 aromatic rings. The van der Waals surface area contributed by atoms with Crippen LogP contribution in [0.4, 0.5) is 0 Å². The number of thiazole rings is 1. The average Bonchev–Trinajstić information content (AvgIpc) is 2.65. The van der Waals surface area contributed by atoms with Crippen molar-refractivity contribution in [1.29, 1.82) is 0 Å². The second-order valence-corrected chi connectivity index (χ2v) is 6.11. The number of aliphatic hydroxyl groups is 1. The van der Waals surface area contributed by atoms with Crippen molar-refractivity contribution in [3.8, 4) is 0 Å². The number of nitrogens with zero attached hydrogens (tertiary/aromatic N) is 1. The zero-order chi connectivity index (χ0) is 13.1. The predicted molar refractivity (Wildman–Crippen MR) is 76.6 cm³/mol. The van der Waals surface area contributed by atoms with Crippen molar-refractivity contribution in [2.24, 2.45) is 0 Å². The smallest absolute Gasteiger partial charge is 0.0937 e. The number of rotatable bonds is 4. The molecule has 2 rings (SSSR count). The molecule has 1 aromatic carbocycles. The third kappa shape index (κ3) is 3.10. The van der Waals surface area contributed by atoms with Gasteiger partial charge >= 0.3 is 0 Å². The van der Waals surface area contributed by atoms with Gasteiger partial charge in [0.1, 0.15) is 0 Å². The summed E-state index contributed by atoms with van der Waals surface area (Å²) in [5.74, 6) is 0.0636. The topological polar surface area (TPSA) is 33.1 Å². The quantitative estimate of drug-likeness (QED) is 0.926. The molecule has 1 N–H and O–H groups in total. The van der Waals surface area contributed by atoms with Crippen molar-refractivity contribution in [3.63, 3.8) is 0 Å². The summed E-state index contributed by atoms with van der Waals surface area (Å²) in [7, 11) is 0. The molecule has 0 aliphatic heterocycles. The van der Waals surface area contributed by atoms with Crippen LogP contribution in [0.1, 0.15) is 27.1 Å². The van der Waals surface area contributed by atoms with Gasteiger partial charge < -0.3 is 5.11 Å². The molecule has 0 spiro atoms. The van der Waals surface area contributed by atoms with Gasteiger partial charge in [-0.2, -0.15) is 0 Å². The predicted octanol–water partition coefficient (Wildman–Crippen LogP) is 3.73. The van der Waals surface area contributed by atoms with E-state index in [0.717, 1.165) is 22.7 Å². The van der Waals surface area contributed by atoms with E-state index in [2.05, 4.69) is 11.9 Å². The largest absolute Gasteiger partial charge is 0.396 e. The standard InChI is InChI=1S/C14H16ClNOS/c1-9-10(2)18-14(16-9)7-12(8-17)11-4-3-5-13(15)6-11/h3-6,12,17H,7-8H2,1-2H3. The first-order valence-electron chi connectivity index (χ1n) is 5.89. The van der Waals surface area contributed by atoms with E-state index in [0.29, 0.717) is 5.02 Å². The lowest BCUT2D eigenvalue weighted by Gasteiger charge is -2.13. The number of aryl methyl sites for hydroxylation is 2. The van der Waals surface area contributed by atoms with Gasteiger partial charge in [-0.3, -0.25) is 0 Å². The number of benzene rings is 1. The molecule has 0 amide bonds. The maximum atomic E-state index is 9.54. The number of halogens is 1. The first-order chi connectivity index (χ1) is 8.60. The molecular formula is C14H16ClNOS. The van der Waals surface area contributed by atoms with E-state index >= 15 is 0 Å². The van der Waals surface area contributed by atoms with Crippen LogP contribution in [-0.4, -0.2) is 16.7 Å². The van der Waals surface area contributed by atoms with Crippen LogP contribution < -0.4 is 0 Å². The molecule has 0 aliphatic rings. The molecule has 0 bridgehead atoms. The third-order valence-electron chi connectivity index (χ3n) is 3.03. The van der Waals surface area contributed by atoms with Crippen molar-refractivity contribution >= 4 is 22.9 Å². The Morgan fingerprint density at radius 1 is 1.39 bits per heavy atom. The van der Waals surface area contributed by atoms with Crippen LogP contribution in [0, 0.1) is 13.8 Å². The molecule has 4 heteroatoms. The lowest BCUT2D eigenvalue weighted by Crippen LogP contribution is -2.07. The third-order valence-corrected chi connectivity index (χ3v) is 4.36. The zero-order valence-corrected chi connectivity index (χ0v) is 12.1. The Balaban J connectivity index is 2.19. The highest BCUT2D eigenvalue weighted by molar-refractivity contribution is 7.11. The molecular weight excluding hydrogens is 266 g/mol. The number of hydrogen-bond acceptors (Lipinski definition) is 3. The van der Waals surface area contributed by atoms with Crippen molar-refractivity contribution in [2.45, 2.75) is 26.2 Å². The van der Waals surface area contributed by atoms with E-state index < -0.39 is 0 Å². The van der Waals surface area contributed by atoms with E-state index in [1.54, 1.807) is 11.3 Å². The monoisotopic (exact) mass is 281 g/mol. The van der Waals surface area contributed by atoms with Gasteiger partial charge in [-0.05, 0) is 31.5 Å². The number of aliphatic hydroxyl groups excluding tert-OH is 1. The van der Waals surface area contributed by atoms with Gasteiger partial charge in [0, 0.05) is 22.2 Å². The summed E-state index contributed by atoms with van der Waals surface area (Å²) in [6, 6.07) is 7.67. The molecule has 96 valence electrons. The summed E-state index contributed by atoms with van der Waals surface area (Å²) in [4.78, 5) is 5.76. The van der Waals surface area contributed by atoms with Crippen molar-refractivity contribution in [2.75, 3.05) is 6.61 Å². The highest BCUT2D eigenvalue weighted by Gasteiger charge is 2.14. The van der Waals surface area contributed by atoms with Gasteiger partial charge in [0.2, 0.25) is 0 Å². The summed E-state index contributed by atoms with van der Waals surface area (Å²) < 4.78 is 0. The fourth-order valence-electron chi connectivity index (χ4n) is 1.89. The summed E-state index contributed by atoms with van der Waals surface area (Å²) in [6.07, 6.45) is 0.760. The fourth-order valence-corrected chi connectivity index (χ4v) is 3.10. The highest BCUT2D eigenvalue weighted by atomic mass is 35.5. The molecule has 1 heterocycles. The van der Waals surface area contributed by atoms with Crippen LogP contribution in [0.5, 0.6) is 0 Å². The molecule has 0 saturated carbocycles. The Morgan fingerprint density at radius 2 is 2.17 bits per heavy atom. The van der Waals surface area contributed by atoms with Gasteiger partial charge in [0.05, 0.1) is 17.3 Å². The van der Waals surface area contributed by atoms with Crippen LogP contribution in [-0.2, 0) is 6.42 Å². The minimum absolute atomic E-state index is 0.0636. The Hall–Kier alpha value is -0.900. The Bertz CT molecular complexity index is 519. The van der Waals surface area contributed by atoms with Crippen LogP contribution in [0.25, 0.3) is 0 Å². The van der Waals surface area contributed by atoms with Gasteiger partial charge in [0.25, 0.3) is 0 Å². The van der Waals surface area contributed by atoms with Gasteiger partial charge in [-0.1, -0.05) is 23.7 Å². The van der Waals surface area contributed by atoms with Gasteiger partial charge in [0.15, 0.2) is 0 Å². The summed E-state index contributed by atoms with van der Waals surface area (Å²) in [6.45, 7) is 4.20. The van der Waals surface area contributed by atoms with E-state index in [1.165, 1.54) is 4.88 Å². The van der Waals surface area contributed by atoms with Crippen LogP contribution in [0.15, 0.2) is 24.3 Å². The molecule has 0 aliphatic carbocycles. The number of hydrogen-bond donors (Lipinski definition) is 1. The van der Waals surface area contributed by atoms with Crippen LogP contribution in [0.2, 0.25) is 5.02 Å². The zero-order valence-electron chi connectivity index (χ0n) is 10.5. The van der Waals surface area contributed by atoms with Crippen molar-refractivity contribution in [1.82, 2.24) is 4.98 Å². The second kappa shape index (κ2) is 5.83. The molecule has 1 unspecified atom stereocenters. The first kappa shape index (κ1) is 13.5. The molecule has 1 aromatic heterocycles. The average molecular weight is 282 g/mol. The lowest BCUT2D eigenvalue weighted by atomic mass is 9.97. The minimum Gasteiger partial charge on any atom is -0.396 e. The summed E-state index contributed by atoms with van der Waals surface area (Å²) >= 11 is 7.69. The van der Waals surface area contributed by atoms with Gasteiger partial charge in [-0.25, -0.2) is 4.98 Å². The summed E-state index contributed by atoms with van der Waals surface area (Å²) in [5.41, 5.74) is 2.15. The van der Waals surface area contributed by atoms with Crippen molar-refractivity contribution < 1.29 is 5.11 Å². The van der Waals surface area contributed by atoms with Gasteiger partial charge in [-0.15, -0.1) is 11.3 Å². The normalized spacial score (nSPS) is 12.7. The Labute approximate surface area is 116 Å². The number of aromatic nitrogens is 1. The van der Waals surface area contributed by atoms with E-state index in [4.69, 9.17) is 11.6 Å². The molecule has 0 radical (unpaired) electrons. The highest BCUT2D eigenvalue weighted by Crippen LogP contribution is 2.26. The van der Waals surface area contributed by atoms with E-state index in [-0.39, 0.29) is 12.5 Å². The van der Waals surface area contributed by atoms with E-state index in [9.17, 15) is 5.11 Å². The van der Waals surface area contributed by atoms with Crippen LogP contribution >= 0.6 is 22.9 Å². The SMILES string of the molecule is Cc1nc(CC(CO)c2cccc(Cl)c2)sc1C. The first-order valence-corrected chi connectivity index (χ1v) is 7.09. The molecule has 2 nitrogen and oxygen atoms in total. The molecule has 1 atom stereocenters. The van der Waals surface area contributed by atoms with Crippen LogP contribution in [0.3, 0.4) is 0 Å². The molecule has 0 fully saturated rings. The Morgan fingerprint density at radius 3 is 2.72 bits per heavy atom. The molecule has 0 saturated heterocycles. The fraction of sp³-hybridized carbons (Fsp3) is 0.357. The van der Waals surface area contributed by atoms with Crippen molar-refractivity contribution in [3.05, 3.63) is 50.4 Å². The maximum absolute atomic E-state index is 9.54. The second-order valence-electron chi connectivity index (χ2n) is 4.39. The Kier molecular flexibility index (Phi) is 4.38.